The number of halogens is 5. The van der Waals surface area contributed by atoms with Gasteiger partial charge in [-0.25, -0.2) is 18.3 Å². The third-order valence-corrected chi connectivity index (χ3v) is 7.47. The average molecular weight is 627 g/mol. The quantitative estimate of drug-likeness (QED) is 0.197. The molecule has 1 N–H and O–H groups in total. The van der Waals surface area contributed by atoms with Crippen molar-refractivity contribution in [2.45, 2.75) is 38.5 Å². The standard InChI is InChI=1S/C30H23F5N6O4/c1-16(42)21-14-39(23-6-5-17(9-20(21)23)18-11-36-26-7-8-37-41(26)12-18)15-27(43)40-13-19(31)10-24(40)29(44)38-22-3-2-4-25(28(22)32)45-30(33,34)35/h2-9,11-12,14,19,24H,10,13,15H2,1H3,(H,38,44)/t19-,24+/m1/s1. The van der Waals surface area contributed by atoms with Crippen LogP contribution in [0.3, 0.4) is 0 Å². The summed E-state index contributed by atoms with van der Waals surface area (Å²) < 4.78 is 73.8. The number of likely N-dealkylation sites (tertiary alicyclic amines) is 1. The Hall–Kier alpha value is -5.34. The lowest BCUT2D eigenvalue weighted by Crippen LogP contribution is -2.44. The summed E-state index contributed by atoms with van der Waals surface area (Å²) in [5.41, 5.74) is 2.38. The third kappa shape index (κ3) is 5.92. The average Bonchev–Trinajstić information content (AvgIpc) is 3.71. The Morgan fingerprint density at radius 1 is 1.09 bits per heavy atom. The molecule has 0 aliphatic carbocycles. The van der Waals surface area contributed by atoms with Crippen molar-refractivity contribution >= 4 is 39.8 Å². The van der Waals surface area contributed by atoms with Crippen molar-refractivity contribution in [3.63, 3.8) is 0 Å². The van der Waals surface area contributed by atoms with Crippen LogP contribution in [0.2, 0.25) is 0 Å². The molecule has 1 aliphatic rings. The highest BCUT2D eigenvalue weighted by atomic mass is 19.4. The van der Waals surface area contributed by atoms with Crippen molar-refractivity contribution in [3.8, 4) is 16.9 Å². The fourth-order valence-electron chi connectivity index (χ4n) is 5.42. The predicted octanol–water partition coefficient (Wildman–Crippen LogP) is 5.17. The number of ether oxygens (including phenoxy) is 1. The highest BCUT2D eigenvalue weighted by Gasteiger charge is 2.40. The van der Waals surface area contributed by atoms with Gasteiger partial charge in [-0.3, -0.25) is 14.4 Å². The number of nitrogens with one attached hydrogen (secondary N) is 1. The van der Waals surface area contributed by atoms with E-state index < -0.39 is 60.6 Å². The smallest absolute Gasteiger partial charge is 0.403 e. The molecule has 1 saturated heterocycles. The number of Topliss-reactive ketones (excluding diaryl/α,β-unsaturated/α-hetero) is 1. The number of anilines is 1. The van der Waals surface area contributed by atoms with Crippen molar-refractivity contribution < 1.29 is 41.1 Å². The molecule has 0 unspecified atom stereocenters. The van der Waals surface area contributed by atoms with Gasteiger partial charge in [0.15, 0.2) is 23.0 Å². The number of hydrogen-bond donors (Lipinski definition) is 1. The predicted molar refractivity (Wildman–Crippen MR) is 151 cm³/mol. The molecular formula is C30H23F5N6O4. The molecule has 45 heavy (non-hydrogen) atoms. The summed E-state index contributed by atoms with van der Waals surface area (Å²) in [6, 6.07) is 8.46. The minimum absolute atomic E-state index is 0.259. The summed E-state index contributed by atoms with van der Waals surface area (Å²) in [5.74, 6) is -4.55. The van der Waals surface area contributed by atoms with Crippen LogP contribution in [0.1, 0.15) is 23.7 Å². The molecule has 10 nitrogen and oxygen atoms in total. The number of fused-ring (bicyclic) bond motifs is 2. The van der Waals surface area contributed by atoms with Gasteiger partial charge in [-0.2, -0.15) is 5.10 Å². The summed E-state index contributed by atoms with van der Waals surface area (Å²) in [4.78, 5) is 44.4. The maximum Gasteiger partial charge on any atom is 0.573 e. The molecule has 4 heterocycles. The van der Waals surface area contributed by atoms with Crippen LogP contribution in [0, 0.1) is 5.82 Å². The molecule has 2 amide bonds. The molecule has 232 valence electrons. The largest absolute Gasteiger partial charge is 0.573 e. The zero-order chi connectivity index (χ0) is 32.0. The second-order valence-electron chi connectivity index (χ2n) is 10.5. The van der Waals surface area contributed by atoms with Gasteiger partial charge in [0.1, 0.15) is 18.8 Å². The Kier molecular flexibility index (Phi) is 7.46. The first-order valence-electron chi connectivity index (χ1n) is 13.6. The van der Waals surface area contributed by atoms with Crippen molar-refractivity contribution in [1.29, 1.82) is 0 Å². The van der Waals surface area contributed by atoms with E-state index in [1.807, 2.05) is 0 Å². The summed E-state index contributed by atoms with van der Waals surface area (Å²) in [7, 11) is 0. The maximum absolute atomic E-state index is 14.6. The summed E-state index contributed by atoms with van der Waals surface area (Å²) in [5, 5.41) is 6.89. The second-order valence-corrected chi connectivity index (χ2v) is 10.5. The first kappa shape index (κ1) is 29.7. The first-order chi connectivity index (χ1) is 21.4. The first-order valence-corrected chi connectivity index (χ1v) is 13.6. The Labute approximate surface area is 251 Å². The minimum atomic E-state index is -5.17. The molecule has 1 aliphatic heterocycles. The van der Waals surface area contributed by atoms with Gasteiger partial charge in [0.05, 0.1) is 18.4 Å². The highest BCUT2D eigenvalue weighted by molar-refractivity contribution is 6.08. The fraction of sp³-hybridized carbons (Fsp3) is 0.233. The van der Waals surface area contributed by atoms with Crippen LogP contribution < -0.4 is 10.1 Å². The van der Waals surface area contributed by atoms with Crippen LogP contribution in [-0.4, -0.2) is 66.8 Å². The van der Waals surface area contributed by atoms with Crippen molar-refractivity contribution in [2.75, 3.05) is 11.9 Å². The van der Waals surface area contributed by atoms with Crippen molar-refractivity contribution in [3.05, 3.63) is 78.6 Å². The zero-order valence-electron chi connectivity index (χ0n) is 23.4. The number of amides is 2. The van der Waals surface area contributed by atoms with Crippen LogP contribution in [-0.2, 0) is 16.1 Å². The molecule has 1 fully saturated rings. The van der Waals surface area contributed by atoms with Crippen LogP contribution >= 0.6 is 0 Å². The van der Waals surface area contributed by atoms with E-state index in [9.17, 15) is 36.3 Å². The van der Waals surface area contributed by atoms with Gasteiger partial charge in [-0.05, 0) is 36.8 Å². The van der Waals surface area contributed by atoms with Crippen LogP contribution in [0.25, 0.3) is 27.7 Å². The van der Waals surface area contributed by atoms with Crippen molar-refractivity contribution in [2.24, 2.45) is 0 Å². The normalized spacial score (nSPS) is 16.8. The molecule has 0 radical (unpaired) electrons. The van der Waals surface area contributed by atoms with Gasteiger partial charge in [-0.15, -0.1) is 13.2 Å². The monoisotopic (exact) mass is 626 g/mol. The minimum Gasteiger partial charge on any atom is -0.403 e. The molecule has 2 atom stereocenters. The zero-order valence-corrected chi connectivity index (χ0v) is 23.4. The van der Waals surface area contributed by atoms with Gasteiger partial charge in [0, 0.05) is 53.1 Å². The number of nitrogens with zero attached hydrogens (tertiary/aromatic N) is 5. The van der Waals surface area contributed by atoms with E-state index in [1.165, 1.54) is 17.7 Å². The summed E-state index contributed by atoms with van der Waals surface area (Å²) >= 11 is 0. The van der Waals surface area contributed by atoms with Crippen LogP contribution in [0.4, 0.5) is 27.6 Å². The molecule has 0 saturated carbocycles. The van der Waals surface area contributed by atoms with E-state index in [1.54, 1.807) is 47.4 Å². The van der Waals surface area contributed by atoms with E-state index in [2.05, 4.69) is 20.1 Å². The van der Waals surface area contributed by atoms with E-state index >= 15 is 0 Å². The third-order valence-electron chi connectivity index (χ3n) is 7.47. The Morgan fingerprint density at radius 2 is 1.89 bits per heavy atom. The molecule has 3 aromatic heterocycles. The lowest BCUT2D eigenvalue weighted by Gasteiger charge is -2.24. The number of benzene rings is 2. The number of aromatic nitrogens is 4. The number of rotatable bonds is 7. The summed E-state index contributed by atoms with van der Waals surface area (Å²) in [6.45, 7) is 0.597. The number of carbonyl (C=O) groups is 3. The molecule has 5 aromatic rings. The number of alkyl halides is 4. The van der Waals surface area contributed by atoms with E-state index in [4.69, 9.17) is 0 Å². The molecule has 6 rings (SSSR count). The van der Waals surface area contributed by atoms with Gasteiger partial charge in [-0.1, -0.05) is 12.1 Å². The topological polar surface area (TPSA) is 111 Å². The SMILES string of the molecule is CC(=O)c1cn(CC(=O)N2C[C@H](F)C[C@H]2C(=O)Nc2cccc(OC(F)(F)F)c2F)c2ccc(-c3cnc4ccnn4c3)cc12. The Balaban J connectivity index is 1.24. The molecule has 2 aromatic carbocycles. The maximum atomic E-state index is 14.6. The Morgan fingerprint density at radius 3 is 2.64 bits per heavy atom. The van der Waals surface area contributed by atoms with Crippen LogP contribution in [0.15, 0.2) is 67.3 Å². The Bertz CT molecular complexity index is 1970. The fourth-order valence-corrected chi connectivity index (χ4v) is 5.42. The van der Waals surface area contributed by atoms with E-state index in [0.717, 1.165) is 34.2 Å². The lowest BCUT2D eigenvalue weighted by atomic mass is 10.0. The lowest BCUT2D eigenvalue weighted by molar-refractivity contribution is -0.275. The highest BCUT2D eigenvalue weighted by Crippen LogP contribution is 2.32. The molecule has 15 heteroatoms. The van der Waals surface area contributed by atoms with Gasteiger partial charge >= 0.3 is 6.36 Å². The van der Waals surface area contributed by atoms with Crippen LogP contribution in [0.5, 0.6) is 5.75 Å². The van der Waals surface area contributed by atoms with Gasteiger partial charge in [0.25, 0.3) is 0 Å². The number of ketones is 1. The second kappa shape index (κ2) is 11.3. The summed E-state index contributed by atoms with van der Waals surface area (Å²) in [6.07, 6.45) is -0.573. The van der Waals surface area contributed by atoms with Gasteiger partial charge < -0.3 is 19.5 Å². The molecular weight excluding hydrogens is 603 g/mol. The number of carbonyl (C=O) groups excluding carboxylic acids is 3. The molecule has 0 bridgehead atoms. The van der Waals surface area contributed by atoms with E-state index in [-0.39, 0.29) is 12.3 Å². The molecule has 0 spiro atoms. The van der Waals surface area contributed by atoms with E-state index in [0.29, 0.717) is 22.1 Å². The van der Waals surface area contributed by atoms with Gasteiger partial charge in [0.2, 0.25) is 11.8 Å². The van der Waals surface area contributed by atoms with Crippen molar-refractivity contribution in [1.82, 2.24) is 24.1 Å². The number of hydrogen-bond acceptors (Lipinski definition) is 6.